The Morgan fingerprint density at radius 3 is 2.50 bits per heavy atom. The lowest BCUT2D eigenvalue weighted by atomic mass is 9.88. The number of benzene rings is 3. The summed E-state index contributed by atoms with van der Waals surface area (Å²) in [6.07, 6.45) is 0. The zero-order valence-corrected chi connectivity index (χ0v) is 18.1. The van der Waals surface area contributed by atoms with Crippen LogP contribution >= 0.6 is 20.7 Å². The summed E-state index contributed by atoms with van der Waals surface area (Å²) in [6, 6.07) is 19.4. The van der Waals surface area contributed by atoms with Crippen molar-refractivity contribution >= 4 is 42.8 Å². The quantitative estimate of drug-likeness (QED) is 0.336. The van der Waals surface area contributed by atoms with Gasteiger partial charge >= 0.3 is 0 Å². The van der Waals surface area contributed by atoms with E-state index in [1.807, 2.05) is 10.3 Å². The van der Waals surface area contributed by atoms with Crippen LogP contribution in [0.2, 0.25) is 0 Å². The molecule has 0 amide bonds. The number of anilines is 1. The van der Waals surface area contributed by atoms with Crippen molar-refractivity contribution in [1.29, 1.82) is 0 Å². The van der Waals surface area contributed by atoms with Crippen LogP contribution in [0.1, 0.15) is 29.9 Å². The van der Waals surface area contributed by atoms with E-state index in [1.165, 1.54) is 43.6 Å². The van der Waals surface area contributed by atoms with Gasteiger partial charge in [-0.1, -0.05) is 57.1 Å². The van der Waals surface area contributed by atoms with Gasteiger partial charge in [-0.15, -0.1) is 0 Å². The fourth-order valence-electron chi connectivity index (χ4n) is 3.93. The zero-order chi connectivity index (χ0) is 19.5. The van der Waals surface area contributed by atoms with Gasteiger partial charge in [0.05, 0.1) is 16.1 Å². The molecule has 5 rings (SSSR count). The van der Waals surface area contributed by atoms with E-state index in [9.17, 15) is 0 Å². The molecule has 2 heterocycles. The number of rotatable bonds is 1. The van der Waals surface area contributed by atoms with Crippen molar-refractivity contribution in [3.8, 4) is 11.1 Å². The molecule has 0 saturated heterocycles. The van der Waals surface area contributed by atoms with Gasteiger partial charge in [-0.3, -0.25) is 0 Å². The maximum absolute atomic E-state index is 5.16. The van der Waals surface area contributed by atoms with E-state index in [4.69, 9.17) is 4.99 Å². The molecule has 2 nitrogen and oxygen atoms in total. The zero-order valence-electron chi connectivity index (χ0n) is 16.5. The van der Waals surface area contributed by atoms with Gasteiger partial charge in [-0.05, 0) is 62.4 Å². The van der Waals surface area contributed by atoms with Gasteiger partial charge in [-0.2, -0.15) is 0 Å². The highest BCUT2D eigenvalue weighted by Crippen LogP contribution is 2.46. The number of hydrogen-bond donors (Lipinski definition) is 1. The molecule has 28 heavy (non-hydrogen) atoms. The molecule has 4 heteroatoms. The summed E-state index contributed by atoms with van der Waals surface area (Å²) < 4.78 is 1.11. The van der Waals surface area contributed by atoms with Crippen molar-refractivity contribution in [2.24, 2.45) is 4.99 Å². The fraction of sp³-hybridized carbons (Fsp3) is 0.208. The van der Waals surface area contributed by atoms with Crippen LogP contribution in [0.25, 0.3) is 21.9 Å². The minimum absolute atomic E-state index is 0.0995. The number of nitrogens with one attached hydrogen (secondary N) is 1. The topological polar surface area (TPSA) is 24.4 Å². The average Bonchev–Trinajstić information content (AvgIpc) is 3.09. The number of nitrogens with zero attached hydrogens (tertiary/aromatic N) is 1. The van der Waals surface area contributed by atoms with Gasteiger partial charge in [0, 0.05) is 22.2 Å². The standard InChI is InChI=1S/C24H22N2S2/c1-14-12-18-20(13-15(14)2)26-24(3,4)22-21(18)23(28-27-22)25-19-11-7-9-16-8-5-6-10-17(16)19/h5-13,26H,1-4H3. The van der Waals surface area contributed by atoms with Gasteiger partial charge in [0.15, 0.2) is 0 Å². The van der Waals surface area contributed by atoms with Gasteiger partial charge in [-0.25, -0.2) is 4.99 Å². The van der Waals surface area contributed by atoms with Gasteiger partial charge in [0.25, 0.3) is 0 Å². The van der Waals surface area contributed by atoms with Crippen molar-refractivity contribution in [3.05, 3.63) is 75.3 Å². The summed E-state index contributed by atoms with van der Waals surface area (Å²) in [6.45, 7) is 8.88. The van der Waals surface area contributed by atoms with Crippen LogP contribution in [0.4, 0.5) is 11.4 Å². The predicted molar refractivity (Wildman–Crippen MR) is 123 cm³/mol. The molecule has 140 valence electrons. The van der Waals surface area contributed by atoms with Crippen molar-refractivity contribution in [3.63, 3.8) is 0 Å². The van der Waals surface area contributed by atoms with E-state index in [1.54, 1.807) is 10.3 Å². The van der Waals surface area contributed by atoms with Crippen LogP contribution < -0.4 is 9.99 Å². The molecule has 1 aromatic heterocycles. The molecule has 1 N–H and O–H groups in total. The molecule has 3 aromatic carbocycles. The highest BCUT2D eigenvalue weighted by Gasteiger charge is 2.33. The van der Waals surface area contributed by atoms with E-state index in [-0.39, 0.29) is 5.54 Å². The summed E-state index contributed by atoms with van der Waals surface area (Å²) in [5, 5.41) is 6.17. The van der Waals surface area contributed by atoms with Crippen molar-refractivity contribution in [2.75, 3.05) is 5.32 Å². The Morgan fingerprint density at radius 2 is 1.64 bits per heavy atom. The molecule has 0 bridgehead atoms. The van der Waals surface area contributed by atoms with Crippen LogP contribution in [0.5, 0.6) is 0 Å². The van der Waals surface area contributed by atoms with Crippen LogP contribution in [0, 0.1) is 13.8 Å². The molecule has 0 unspecified atom stereocenters. The molecule has 0 fully saturated rings. The minimum atomic E-state index is -0.0995. The lowest BCUT2D eigenvalue weighted by molar-refractivity contribution is 0.619. The minimum Gasteiger partial charge on any atom is -0.375 e. The molecular formula is C24H22N2S2. The summed E-state index contributed by atoms with van der Waals surface area (Å²) in [4.78, 5) is 6.53. The predicted octanol–water partition coefficient (Wildman–Crippen LogP) is 7.14. The molecule has 0 spiro atoms. The Hall–Kier alpha value is -2.43. The third-order valence-corrected chi connectivity index (χ3v) is 8.19. The maximum atomic E-state index is 5.16. The Bertz CT molecular complexity index is 1290. The fourth-order valence-corrected chi connectivity index (χ4v) is 6.86. The summed E-state index contributed by atoms with van der Waals surface area (Å²) in [5.74, 6) is 0. The number of fused-ring (bicyclic) bond motifs is 4. The Kier molecular flexibility index (Phi) is 3.97. The van der Waals surface area contributed by atoms with E-state index < -0.39 is 0 Å². The number of aryl methyl sites for hydroxylation is 2. The molecule has 1 aliphatic heterocycles. The Labute approximate surface area is 172 Å². The second-order valence-corrected chi connectivity index (χ2v) is 10.1. The van der Waals surface area contributed by atoms with Crippen LogP contribution in [-0.4, -0.2) is 0 Å². The van der Waals surface area contributed by atoms with E-state index >= 15 is 0 Å². The first kappa shape index (κ1) is 17.7. The summed E-state index contributed by atoms with van der Waals surface area (Å²) in [7, 11) is 3.62. The SMILES string of the molecule is Cc1cc2c(cc1C)-c1c(ssc1=Nc1cccc3ccccc13)C(C)(C)N2. The summed E-state index contributed by atoms with van der Waals surface area (Å²) >= 11 is 0. The Morgan fingerprint density at radius 1 is 0.893 bits per heavy atom. The maximum Gasteiger partial charge on any atom is 0.135 e. The first-order chi connectivity index (χ1) is 13.4. The molecule has 0 atom stereocenters. The third-order valence-electron chi connectivity index (χ3n) is 5.55. The normalized spacial score (nSPS) is 15.2. The highest BCUT2D eigenvalue weighted by molar-refractivity contribution is 7.68. The van der Waals surface area contributed by atoms with Crippen molar-refractivity contribution < 1.29 is 0 Å². The first-order valence-electron chi connectivity index (χ1n) is 9.50. The van der Waals surface area contributed by atoms with E-state index in [0.717, 1.165) is 10.4 Å². The smallest absolute Gasteiger partial charge is 0.135 e. The average molecular weight is 403 g/mol. The van der Waals surface area contributed by atoms with Crippen LogP contribution in [0.3, 0.4) is 0 Å². The number of hydrogen-bond acceptors (Lipinski definition) is 4. The molecule has 0 radical (unpaired) electrons. The first-order valence-corrected chi connectivity index (χ1v) is 11.6. The second-order valence-electron chi connectivity index (χ2n) is 8.02. The van der Waals surface area contributed by atoms with Gasteiger partial charge in [0.1, 0.15) is 4.67 Å². The lowest BCUT2D eigenvalue weighted by Gasteiger charge is -2.34. The third kappa shape index (κ3) is 2.71. The van der Waals surface area contributed by atoms with E-state index in [0.29, 0.717) is 0 Å². The van der Waals surface area contributed by atoms with Crippen LogP contribution in [0.15, 0.2) is 59.6 Å². The second kappa shape index (κ2) is 6.29. The van der Waals surface area contributed by atoms with Gasteiger partial charge in [0.2, 0.25) is 0 Å². The van der Waals surface area contributed by atoms with Gasteiger partial charge < -0.3 is 5.32 Å². The Balaban J connectivity index is 1.82. The largest absolute Gasteiger partial charge is 0.375 e. The van der Waals surface area contributed by atoms with E-state index in [2.05, 4.69) is 87.6 Å². The lowest BCUT2D eigenvalue weighted by Crippen LogP contribution is -2.31. The van der Waals surface area contributed by atoms with Crippen LogP contribution in [-0.2, 0) is 5.54 Å². The molecule has 0 aliphatic carbocycles. The molecule has 1 aliphatic rings. The summed E-state index contributed by atoms with van der Waals surface area (Å²) in [5.41, 5.74) is 7.35. The molecule has 4 aromatic rings. The van der Waals surface area contributed by atoms with Crippen molar-refractivity contribution in [2.45, 2.75) is 33.2 Å². The highest BCUT2D eigenvalue weighted by atomic mass is 32.9. The van der Waals surface area contributed by atoms with Crippen molar-refractivity contribution in [1.82, 2.24) is 0 Å². The molecule has 0 saturated carbocycles. The molecular weight excluding hydrogens is 380 g/mol. The monoisotopic (exact) mass is 402 g/mol.